The second kappa shape index (κ2) is 7.96. The highest BCUT2D eigenvalue weighted by Gasteiger charge is 2.25. The molecule has 7 nitrogen and oxygen atoms in total. The zero-order chi connectivity index (χ0) is 16.8. The number of amides is 2. The van der Waals surface area contributed by atoms with Crippen molar-refractivity contribution in [2.24, 2.45) is 0 Å². The van der Waals surface area contributed by atoms with Crippen LogP contribution >= 0.6 is 11.3 Å². The van der Waals surface area contributed by atoms with Crippen molar-refractivity contribution in [3.05, 3.63) is 34.8 Å². The number of nitrogens with one attached hydrogen (secondary N) is 1. The van der Waals surface area contributed by atoms with E-state index in [1.165, 1.54) is 13.3 Å². The Bertz CT molecular complexity index is 665. The Morgan fingerprint density at radius 2 is 2.33 bits per heavy atom. The lowest BCUT2D eigenvalue weighted by atomic mass is 10.1. The number of urea groups is 1. The number of hydrogen-bond acceptors (Lipinski definition) is 6. The van der Waals surface area contributed by atoms with Gasteiger partial charge in [0.15, 0.2) is 0 Å². The third-order valence-electron chi connectivity index (χ3n) is 3.75. The van der Waals surface area contributed by atoms with E-state index in [0.29, 0.717) is 24.8 Å². The van der Waals surface area contributed by atoms with Crippen LogP contribution in [0, 0.1) is 0 Å². The molecule has 2 aromatic rings. The third kappa shape index (κ3) is 4.35. The molecule has 0 bridgehead atoms. The zero-order valence-electron chi connectivity index (χ0n) is 13.5. The number of methoxy groups -OCH3 is 1. The van der Waals surface area contributed by atoms with Crippen LogP contribution in [0.5, 0.6) is 11.8 Å². The Hall–Kier alpha value is -2.35. The first kappa shape index (κ1) is 16.5. The molecule has 128 valence electrons. The predicted octanol–water partition coefficient (Wildman–Crippen LogP) is 2.30. The summed E-state index contributed by atoms with van der Waals surface area (Å²) in [6.07, 6.45) is 4.77. The van der Waals surface area contributed by atoms with Crippen molar-refractivity contribution in [1.29, 1.82) is 0 Å². The summed E-state index contributed by atoms with van der Waals surface area (Å²) in [5.41, 5.74) is 0. The average molecular weight is 348 g/mol. The molecule has 0 spiro atoms. The number of piperidine rings is 1. The molecule has 3 rings (SSSR count). The lowest BCUT2D eigenvalue weighted by molar-refractivity contribution is 0.0968. The highest BCUT2D eigenvalue weighted by molar-refractivity contribution is 7.09. The molecule has 0 unspecified atom stereocenters. The van der Waals surface area contributed by atoms with Gasteiger partial charge in [-0.3, -0.25) is 4.98 Å². The number of likely N-dealkylation sites (tertiary alicyclic amines) is 1. The van der Waals surface area contributed by atoms with Crippen molar-refractivity contribution < 1.29 is 14.3 Å². The minimum Gasteiger partial charge on any atom is -0.480 e. The molecule has 1 N–H and O–H groups in total. The molecule has 1 aliphatic rings. The van der Waals surface area contributed by atoms with Crippen molar-refractivity contribution in [3.63, 3.8) is 0 Å². The van der Waals surface area contributed by atoms with Crippen LogP contribution in [0.1, 0.15) is 17.7 Å². The zero-order valence-corrected chi connectivity index (χ0v) is 14.3. The lowest BCUT2D eigenvalue weighted by Gasteiger charge is -2.32. The second-order valence-corrected chi connectivity index (χ2v) is 6.50. The van der Waals surface area contributed by atoms with Gasteiger partial charge in [-0.1, -0.05) is 6.07 Å². The molecule has 0 radical (unpaired) electrons. The summed E-state index contributed by atoms with van der Waals surface area (Å²) in [5.74, 6) is 0.828. The van der Waals surface area contributed by atoms with Crippen LogP contribution in [-0.4, -0.2) is 47.2 Å². The highest BCUT2D eigenvalue weighted by atomic mass is 32.1. The predicted molar refractivity (Wildman–Crippen MR) is 90.4 cm³/mol. The Morgan fingerprint density at radius 3 is 3.12 bits per heavy atom. The monoisotopic (exact) mass is 348 g/mol. The number of carbonyl (C=O) groups is 1. The molecule has 8 heteroatoms. The van der Waals surface area contributed by atoms with Gasteiger partial charge < -0.3 is 19.7 Å². The fourth-order valence-corrected chi connectivity index (χ4v) is 3.21. The minimum atomic E-state index is -0.0901. The van der Waals surface area contributed by atoms with Crippen LogP contribution in [0.3, 0.4) is 0 Å². The Kier molecular flexibility index (Phi) is 5.47. The van der Waals surface area contributed by atoms with E-state index in [9.17, 15) is 4.79 Å². The summed E-state index contributed by atoms with van der Waals surface area (Å²) in [4.78, 5) is 23.5. The molecule has 24 heavy (non-hydrogen) atoms. The van der Waals surface area contributed by atoms with Crippen molar-refractivity contribution in [2.75, 3.05) is 20.2 Å². The van der Waals surface area contributed by atoms with E-state index < -0.39 is 0 Å². The van der Waals surface area contributed by atoms with Crippen molar-refractivity contribution in [2.45, 2.75) is 25.5 Å². The Morgan fingerprint density at radius 1 is 1.46 bits per heavy atom. The molecular weight excluding hydrogens is 328 g/mol. The molecule has 3 heterocycles. The first-order valence-corrected chi connectivity index (χ1v) is 8.70. The highest BCUT2D eigenvalue weighted by Crippen LogP contribution is 2.18. The van der Waals surface area contributed by atoms with Crippen molar-refractivity contribution in [1.82, 2.24) is 20.2 Å². The first-order chi connectivity index (χ1) is 11.7. The second-order valence-electron chi connectivity index (χ2n) is 5.47. The van der Waals surface area contributed by atoms with E-state index in [1.54, 1.807) is 22.4 Å². The molecule has 1 saturated heterocycles. The lowest BCUT2D eigenvalue weighted by Crippen LogP contribution is -2.48. The van der Waals surface area contributed by atoms with Crippen LogP contribution in [0.25, 0.3) is 0 Å². The molecule has 1 aliphatic heterocycles. The minimum absolute atomic E-state index is 0.0616. The summed E-state index contributed by atoms with van der Waals surface area (Å²) in [7, 11) is 1.54. The smallest absolute Gasteiger partial charge is 0.317 e. The maximum absolute atomic E-state index is 12.3. The van der Waals surface area contributed by atoms with Gasteiger partial charge in [0.05, 0.1) is 32.6 Å². The van der Waals surface area contributed by atoms with Crippen LogP contribution in [-0.2, 0) is 6.54 Å². The van der Waals surface area contributed by atoms with E-state index in [4.69, 9.17) is 9.47 Å². The summed E-state index contributed by atoms with van der Waals surface area (Å²) in [6, 6.07) is 3.93. The number of carbonyl (C=O) groups excluding carboxylic acids is 1. The fraction of sp³-hybridized carbons (Fsp3) is 0.438. The topological polar surface area (TPSA) is 76.6 Å². The Labute approximate surface area is 144 Å². The van der Waals surface area contributed by atoms with Crippen LogP contribution in [0.2, 0.25) is 0 Å². The summed E-state index contributed by atoms with van der Waals surface area (Å²) in [5, 5.41) is 4.95. The average Bonchev–Trinajstić information content (AvgIpc) is 3.13. The standard InChI is InChI=1S/C16H20N4O3S/c1-22-14-9-17-10-15(19-14)23-12-4-2-6-20(11-12)16(21)18-8-13-5-3-7-24-13/h3,5,7,9-10,12H,2,4,6,8,11H2,1H3,(H,18,21)/t12-/m1/s1. The van der Waals surface area contributed by atoms with Crippen LogP contribution < -0.4 is 14.8 Å². The van der Waals surface area contributed by atoms with E-state index in [-0.39, 0.29) is 12.1 Å². The van der Waals surface area contributed by atoms with E-state index in [1.807, 2.05) is 17.5 Å². The summed E-state index contributed by atoms with van der Waals surface area (Å²) >= 11 is 1.63. The van der Waals surface area contributed by atoms with Gasteiger partial charge in [-0.2, -0.15) is 4.98 Å². The van der Waals surface area contributed by atoms with Gasteiger partial charge in [0.25, 0.3) is 0 Å². The largest absolute Gasteiger partial charge is 0.480 e. The molecule has 1 fully saturated rings. The number of hydrogen-bond donors (Lipinski definition) is 1. The number of thiophene rings is 1. The quantitative estimate of drug-likeness (QED) is 0.897. The van der Waals surface area contributed by atoms with Crippen molar-refractivity contribution >= 4 is 17.4 Å². The Balaban J connectivity index is 1.52. The fourth-order valence-electron chi connectivity index (χ4n) is 2.56. The van der Waals surface area contributed by atoms with E-state index in [2.05, 4.69) is 15.3 Å². The summed E-state index contributed by atoms with van der Waals surface area (Å²) < 4.78 is 10.9. The normalized spacial score (nSPS) is 17.4. The molecule has 2 amide bonds. The maximum atomic E-state index is 12.3. The van der Waals surface area contributed by atoms with E-state index >= 15 is 0 Å². The van der Waals surface area contributed by atoms with Gasteiger partial charge in [-0.15, -0.1) is 11.3 Å². The number of aromatic nitrogens is 2. The van der Waals surface area contributed by atoms with Gasteiger partial charge in [0, 0.05) is 11.4 Å². The number of rotatable bonds is 5. The number of ether oxygens (including phenoxy) is 2. The van der Waals surface area contributed by atoms with Crippen LogP contribution in [0.4, 0.5) is 4.79 Å². The van der Waals surface area contributed by atoms with Gasteiger partial charge in [0.2, 0.25) is 11.8 Å². The van der Waals surface area contributed by atoms with Gasteiger partial charge >= 0.3 is 6.03 Å². The first-order valence-electron chi connectivity index (χ1n) is 7.82. The summed E-state index contributed by atoms with van der Waals surface area (Å²) in [6.45, 7) is 1.83. The number of nitrogens with zero attached hydrogens (tertiary/aromatic N) is 3. The molecule has 1 atom stereocenters. The molecule has 0 saturated carbocycles. The SMILES string of the molecule is COc1cncc(O[C@@H]2CCCN(C(=O)NCc3cccs3)C2)n1. The molecule has 0 aromatic carbocycles. The third-order valence-corrected chi connectivity index (χ3v) is 4.62. The molecule has 2 aromatic heterocycles. The van der Waals surface area contributed by atoms with Crippen LogP contribution in [0.15, 0.2) is 29.9 Å². The maximum Gasteiger partial charge on any atom is 0.317 e. The molecule has 0 aliphatic carbocycles. The molecular formula is C16H20N4O3S. The van der Waals surface area contributed by atoms with Gasteiger partial charge in [-0.05, 0) is 24.3 Å². The van der Waals surface area contributed by atoms with Gasteiger partial charge in [0.1, 0.15) is 6.10 Å². The van der Waals surface area contributed by atoms with Gasteiger partial charge in [-0.25, -0.2) is 4.79 Å². The van der Waals surface area contributed by atoms with E-state index in [0.717, 1.165) is 24.3 Å². The van der Waals surface area contributed by atoms with Crippen molar-refractivity contribution in [3.8, 4) is 11.8 Å².